The van der Waals surface area contributed by atoms with E-state index in [-0.39, 0.29) is 30.3 Å². The van der Waals surface area contributed by atoms with Gasteiger partial charge in [0, 0.05) is 37.3 Å². The Morgan fingerprint density at radius 3 is 2.86 bits per heavy atom. The molecule has 0 aromatic heterocycles. The number of nitrogens with one attached hydrogen (secondary N) is 2. The summed E-state index contributed by atoms with van der Waals surface area (Å²) >= 11 is 0. The van der Waals surface area contributed by atoms with E-state index in [1.54, 1.807) is 11.8 Å². The number of halogens is 1. The molecule has 2 aliphatic rings. The minimum atomic E-state index is -0.0206. The zero-order valence-electron chi connectivity index (χ0n) is 12.7. The van der Waals surface area contributed by atoms with Gasteiger partial charge in [-0.1, -0.05) is 0 Å². The largest absolute Gasteiger partial charge is 0.348 e. The average molecular weight is 324 g/mol. The lowest BCUT2D eigenvalue weighted by molar-refractivity contribution is -0.116. The molecule has 120 valence electrons. The van der Waals surface area contributed by atoms with Gasteiger partial charge in [-0.3, -0.25) is 9.59 Å². The Morgan fingerprint density at radius 1 is 1.36 bits per heavy atom. The van der Waals surface area contributed by atoms with Gasteiger partial charge in [-0.05, 0) is 49.6 Å². The van der Waals surface area contributed by atoms with Crippen LogP contribution in [0.3, 0.4) is 0 Å². The number of carbonyl (C=O) groups excluding carboxylic acids is 2. The lowest BCUT2D eigenvalue weighted by atomic mass is 10.1. The molecule has 22 heavy (non-hydrogen) atoms. The van der Waals surface area contributed by atoms with Crippen LogP contribution in [0.5, 0.6) is 0 Å². The average Bonchev–Trinajstić information content (AvgIpc) is 2.91. The van der Waals surface area contributed by atoms with Gasteiger partial charge in [0.15, 0.2) is 0 Å². The highest BCUT2D eigenvalue weighted by Crippen LogP contribution is 2.28. The van der Waals surface area contributed by atoms with Gasteiger partial charge in [-0.15, -0.1) is 12.4 Å². The van der Waals surface area contributed by atoms with Crippen LogP contribution in [0.4, 0.5) is 5.69 Å². The Kier molecular flexibility index (Phi) is 5.42. The lowest BCUT2D eigenvalue weighted by Crippen LogP contribution is -2.45. The van der Waals surface area contributed by atoms with Gasteiger partial charge in [-0.2, -0.15) is 0 Å². The molecule has 6 heteroatoms. The van der Waals surface area contributed by atoms with Crippen molar-refractivity contribution in [2.45, 2.75) is 32.2 Å². The zero-order chi connectivity index (χ0) is 14.8. The van der Waals surface area contributed by atoms with E-state index in [9.17, 15) is 9.59 Å². The van der Waals surface area contributed by atoms with Gasteiger partial charge in [0.05, 0.1) is 0 Å². The predicted octanol–water partition coefficient (Wildman–Crippen LogP) is 1.50. The number of benzene rings is 1. The van der Waals surface area contributed by atoms with Crippen LogP contribution in [0.2, 0.25) is 0 Å². The third-order valence-electron chi connectivity index (χ3n) is 4.25. The van der Waals surface area contributed by atoms with Gasteiger partial charge in [0.1, 0.15) is 0 Å². The summed E-state index contributed by atoms with van der Waals surface area (Å²) < 4.78 is 0. The summed E-state index contributed by atoms with van der Waals surface area (Å²) in [6, 6.07) is 5.83. The van der Waals surface area contributed by atoms with Crippen LogP contribution in [0.25, 0.3) is 0 Å². The molecule has 0 unspecified atom stereocenters. The number of hydrogen-bond donors (Lipinski definition) is 2. The molecule has 1 atom stereocenters. The molecule has 5 nitrogen and oxygen atoms in total. The SMILES string of the molecule is CC(=O)N1CCc2cc(C(=O)N[C@H]3CCCNC3)ccc21.Cl. The molecular weight excluding hydrogens is 302 g/mol. The Morgan fingerprint density at radius 2 is 2.18 bits per heavy atom. The predicted molar refractivity (Wildman–Crippen MR) is 88.8 cm³/mol. The summed E-state index contributed by atoms with van der Waals surface area (Å²) in [5, 5.41) is 6.37. The van der Waals surface area contributed by atoms with Crippen molar-refractivity contribution in [2.24, 2.45) is 0 Å². The van der Waals surface area contributed by atoms with Crippen LogP contribution in [0.15, 0.2) is 18.2 Å². The van der Waals surface area contributed by atoms with Crippen molar-refractivity contribution < 1.29 is 9.59 Å². The minimum Gasteiger partial charge on any atom is -0.348 e. The fraction of sp³-hybridized carbons (Fsp3) is 0.500. The second-order valence-electron chi connectivity index (χ2n) is 5.78. The van der Waals surface area contributed by atoms with Crippen LogP contribution in [0, 0.1) is 0 Å². The van der Waals surface area contributed by atoms with Gasteiger partial charge >= 0.3 is 0 Å². The molecule has 2 heterocycles. The number of amides is 2. The second kappa shape index (κ2) is 7.11. The van der Waals surface area contributed by atoms with Crippen molar-refractivity contribution in [1.29, 1.82) is 0 Å². The van der Waals surface area contributed by atoms with Crippen molar-refractivity contribution in [2.75, 3.05) is 24.5 Å². The third-order valence-corrected chi connectivity index (χ3v) is 4.25. The number of rotatable bonds is 2. The molecule has 3 rings (SSSR count). The van der Waals surface area contributed by atoms with Crippen LogP contribution < -0.4 is 15.5 Å². The van der Waals surface area contributed by atoms with Crippen molar-refractivity contribution in [3.8, 4) is 0 Å². The summed E-state index contributed by atoms with van der Waals surface area (Å²) in [6.45, 7) is 4.16. The molecule has 2 aliphatic heterocycles. The molecule has 0 bridgehead atoms. The van der Waals surface area contributed by atoms with E-state index < -0.39 is 0 Å². The Balaban J connectivity index is 0.00000176. The quantitative estimate of drug-likeness (QED) is 0.867. The summed E-state index contributed by atoms with van der Waals surface area (Å²) in [5.41, 5.74) is 2.71. The van der Waals surface area contributed by atoms with E-state index in [0.717, 1.165) is 43.6 Å². The fourth-order valence-electron chi connectivity index (χ4n) is 3.11. The van der Waals surface area contributed by atoms with E-state index in [1.807, 2.05) is 18.2 Å². The van der Waals surface area contributed by atoms with Crippen LogP contribution >= 0.6 is 12.4 Å². The maximum Gasteiger partial charge on any atom is 0.251 e. The highest BCUT2D eigenvalue weighted by Gasteiger charge is 2.23. The Bertz CT molecular complexity index is 571. The number of nitrogens with zero attached hydrogens (tertiary/aromatic N) is 1. The maximum absolute atomic E-state index is 12.3. The Hall–Kier alpha value is -1.59. The van der Waals surface area contributed by atoms with Gasteiger partial charge < -0.3 is 15.5 Å². The molecule has 2 N–H and O–H groups in total. The first-order valence-electron chi connectivity index (χ1n) is 7.58. The normalized spacial score (nSPS) is 20.0. The van der Waals surface area contributed by atoms with E-state index in [2.05, 4.69) is 10.6 Å². The summed E-state index contributed by atoms with van der Waals surface area (Å²) in [4.78, 5) is 25.6. The molecule has 1 aromatic carbocycles. The minimum absolute atomic E-state index is 0. The first kappa shape index (κ1) is 16.8. The molecule has 1 fully saturated rings. The molecule has 0 spiro atoms. The number of carbonyl (C=O) groups is 2. The van der Waals surface area contributed by atoms with Gasteiger partial charge in [0.25, 0.3) is 5.91 Å². The van der Waals surface area contributed by atoms with Gasteiger partial charge in [-0.25, -0.2) is 0 Å². The van der Waals surface area contributed by atoms with Crippen LogP contribution in [0.1, 0.15) is 35.7 Å². The summed E-state index contributed by atoms with van der Waals surface area (Å²) in [7, 11) is 0. The van der Waals surface area contributed by atoms with Crippen LogP contribution in [-0.2, 0) is 11.2 Å². The highest BCUT2D eigenvalue weighted by molar-refractivity contribution is 5.98. The topological polar surface area (TPSA) is 61.4 Å². The van der Waals surface area contributed by atoms with Gasteiger partial charge in [0.2, 0.25) is 5.91 Å². The number of hydrogen-bond acceptors (Lipinski definition) is 3. The fourth-order valence-corrected chi connectivity index (χ4v) is 3.11. The first-order valence-corrected chi connectivity index (χ1v) is 7.58. The molecule has 0 radical (unpaired) electrons. The molecular formula is C16H22ClN3O2. The number of anilines is 1. The van der Waals surface area contributed by atoms with Crippen LogP contribution in [-0.4, -0.2) is 37.5 Å². The van der Waals surface area contributed by atoms with E-state index in [1.165, 1.54) is 0 Å². The molecule has 1 saturated heterocycles. The molecule has 1 aromatic rings. The lowest BCUT2D eigenvalue weighted by Gasteiger charge is -2.24. The van der Waals surface area contributed by atoms with Crippen molar-refractivity contribution >= 4 is 29.9 Å². The molecule has 0 aliphatic carbocycles. The summed E-state index contributed by atoms with van der Waals surface area (Å²) in [5.74, 6) is 0.0343. The van der Waals surface area contributed by atoms with E-state index >= 15 is 0 Å². The number of fused-ring (bicyclic) bond motifs is 1. The van der Waals surface area contributed by atoms with Crippen molar-refractivity contribution in [3.05, 3.63) is 29.3 Å². The molecule has 0 saturated carbocycles. The van der Waals surface area contributed by atoms with Crippen molar-refractivity contribution in [1.82, 2.24) is 10.6 Å². The molecule has 2 amide bonds. The smallest absolute Gasteiger partial charge is 0.251 e. The third kappa shape index (κ3) is 3.42. The maximum atomic E-state index is 12.3. The first-order chi connectivity index (χ1) is 10.1. The zero-order valence-corrected chi connectivity index (χ0v) is 13.5. The highest BCUT2D eigenvalue weighted by atomic mass is 35.5. The standard InChI is InChI=1S/C16H21N3O2.ClH/c1-11(20)19-8-6-12-9-13(4-5-15(12)19)16(21)18-14-3-2-7-17-10-14;/h4-5,9,14,17H,2-3,6-8,10H2,1H3,(H,18,21);1H/t14-;/m0./s1. The Labute approximate surface area is 136 Å². The van der Waals surface area contributed by atoms with E-state index in [4.69, 9.17) is 0 Å². The monoisotopic (exact) mass is 323 g/mol. The van der Waals surface area contributed by atoms with Crippen molar-refractivity contribution in [3.63, 3.8) is 0 Å². The number of piperidine rings is 1. The summed E-state index contributed by atoms with van der Waals surface area (Å²) in [6.07, 6.45) is 2.95. The van der Waals surface area contributed by atoms with E-state index in [0.29, 0.717) is 12.1 Å². The second-order valence-corrected chi connectivity index (χ2v) is 5.78.